The lowest BCUT2D eigenvalue weighted by molar-refractivity contribution is 0.241. The van der Waals surface area contributed by atoms with Crippen LogP contribution in [0.3, 0.4) is 0 Å². The quantitative estimate of drug-likeness (QED) is 0.652. The maximum atomic E-state index is 9.51. The molecule has 1 unspecified atom stereocenters. The van der Waals surface area contributed by atoms with Crippen molar-refractivity contribution in [2.45, 2.75) is 51.3 Å². The summed E-state index contributed by atoms with van der Waals surface area (Å²) in [4.78, 5) is 7.17. The molecule has 1 aliphatic heterocycles. The number of hydrogen-bond donors (Lipinski definition) is 1. The van der Waals surface area contributed by atoms with Gasteiger partial charge in [-0.1, -0.05) is 23.4 Å². The molecule has 2 aromatic carbocycles. The van der Waals surface area contributed by atoms with Gasteiger partial charge in [-0.05, 0) is 62.4 Å². The Balaban J connectivity index is 1.44. The second kappa shape index (κ2) is 8.38. The zero-order valence-electron chi connectivity index (χ0n) is 18.4. The van der Waals surface area contributed by atoms with E-state index in [0.29, 0.717) is 34.6 Å². The number of nitrogens with zero attached hydrogens (tertiary/aromatic N) is 4. The molecule has 1 aliphatic carbocycles. The van der Waals surface area contributed by atoms with Crippen molar-refractivity contribution in [3.8, 4) is 34.7 Å². The first-order valence-corrected chi connectivity index (χ1v) is 11.2. The third kappa shape index (κ3) is 3.77. The summed E-state index contributed by atoms with van der Waals surface area (Å²) in [5.74, 6) is 1.53. The smallest absolute Gasteiger partial charge is 0.258 e. The first-order chi connectivity index (χ1) is 15.5. The lowest BCUT2D eigenvalue weighted by atomic mass is 10.0. The van der Waals surface area contributed by atoms with Crippen LogP contribution in [0.25, 0.3) is 22.8 Å². The number of aromatic nitrogens is 2. The molecular weight excluding hydrogens is 402 g/mol. The molecule has 0 amide bonds. The van der Waals surface area contributed by atoms with E-state index in [0.717, 1.165) is 37.9 Å². The van der Waals surface area contributed by atoms with Gasteiger partial charge in [0.05, 0.1) is 11.7 Å². The van der Waals surface area contributed by atoms with E-state index in [-0.39, 0.29) is 12.1 Å². The number of fused-ring (bicyclic) bond motifs is 1. The van der Waals surface area contributed by atoms with Crippen LogP contribution in [0.4, 0.5) is 0 Å². The zero-order chi connectivity index (χ0) is 22.2. The highest BCUT2D eigenvalue weighted by atomic mass is 16.5. The summed E-state index contributed by atoms with van der Waals surface area (Å²) >= 11 is 0. The molecule has 0 saturated carbocycles. The van der Waals surface area contributed by atoms with E-state index in [1.807, 2.05) is 19.9 Å². The molecule has 0 spiro atoms. The molecule has 2 atom stereocenters. The molecule has 0 bridgehead atoms. The zero-order valence-corrected chi connectivity index (χ0v) is 18.4. The molecule has 2 aliphatic rings. The van der Waals surface area contributed by atoms with Gasteiger partial charge in [0.2, 0.25) is 5.82 Å². The highest BCUT2D eigenvalue weighted by Gasteiger charge is 2.33. The van der Waals surface area contributed by atoms with Crippen molar-refractivity contribution in [1.82, 2.24) is 15.0 Å². The predicted molar refractivity (Wildman–Crippen MR) is 121 cm³/mol. The Kier molecular flexibility index (Phi) is 5.41. The van der Waals surface area contributed by atoms with E-state index in [1.165, 1.54) is 11.1 Å². The Labute approximate surface area is 187 Å². The summed E-state index contributed by atoms with van der Waals surface area (Å²) in [6.45, 7) is 5.87. The molecule has 2 N–H and O–H groups in total. The van der Waals surface area contributed by atoms with Crippen molar-refractivity contribution in [2.75, 3.05) is 13.1 Å². The Bertz CT molecular complexity index is 1180. The summed E-state index contributed by atoms with van der Waals surface area (Å²) in [5, 5.41) is 13.8. The fourth-order valence-corrected chi connectivity index (χ4v) is 4.88. The van der Waals surface area contributed by atoms with Crippen LogP contribution in [0, 0.1) is 11.3 Å². The standard InChI is InChI=1S/C25H27N5O2/c1-15(2)31-23-9-6-16(12-17(23)13-26)25-28-24(29-32-25)21-5-3-4-20-19(21)7-8-22(20)30-11-10-18(27)14-30/h3-6,9,12,15,18,22H,7-8,10-11,14,27H2,1-2H3/t18-,22?/m0/s1. The van der Waals surface area contributed by atoms with E-state index in [2.05, 4.69) is 39.3 Å². The highest BCUT2D eigenvalue weighted by Crippen LogP contribution is 2.41. The molecule has 0 radical (unpaired) electrons. The maximum Gasteiger partial charge on any atom is 0.258 e. The van der Waals surface area contributed by atoms with Gasteiger partial charge >= 0.3 is 0 Å². The van der Waals surface area contributed by atoms with Gasteiger partial charge in [0.15, 0.2) is 0 Å². The van der Waals surface area contributed by atoms with Crippen LogP contribution in [0.2, 0.25) is 0 Å². The number of nitriles is 1. The number of nitrogens with two attached hydrogens (primary N) is 1. The molecule has 1 aromatic heterocycles. The van der Waals surface area contributed by atoms with Crippen molar-refractivity contribution in [1.29, 1.82) is 5.26 Å². The van der Waals surface area contributed by atoms with Crippen LogP contribution in [-0.2, 0) is 6.42 Å². The Morgan fingerprint density at radius 2 is 2.12 bits per heavy atom. The van der Waals surface area contributed by atoms with Gasteiger partial charge in [0.25, 0.3) is 5.89 Å². The van der Waals surface area contributed by atoms with Crippen LogP contribution in [-0.4, -0.2) is 40.3 Å². The van der Waals surface area contributed by atoms with Gasteiger partial charge in [-0.15, -0.1) is 0 Å². The number of benzene rings is 2. The minimum absolute atomic E-state index is 0.0109. The lowest BCUT2D eigenvalue weighted by Crippen LogP contribution is -2.29. The van der Waals surface area contributed by atoms with E-state index in [4.69, 9.17) is 15.0 Å². The fourth-order valence-electron chi connectivity index (χ4n) is 4.88. The van der Waals surface area contributed by atoms with Gasteiger partial charge in [-0.25, -0.2) is 0 Å². The lowest BCUT2D eigenvalue weighted by Gasteiger charge is -2.24. The molecule has 2 heterocycles. The average molecular weight is 430 g/mol. The van der Waals surface area contributed by atoms with Crippen LogP contribution in [0.5, 0.6) is 5.75 Å². The van der Waals surface area contributed by atoms with Crippen molar-refractivity contribution < 1.29 is 9.26 Å². The fraction of sp³-hybridized carbons (Fsp3) is 0.400. The summed E-state index contributed by atoms with van der Waals surface area (Å²) in [5.41, 5.74) is 11.0. The van der Waals surface area contributed by atoms with E-state index < -0.39 is 0 Å². The second-order valence-corrected chi connectivity index (χ2v) is 8.88. The van der Waals surface area contributed by atoms with Crippen LogP contribution < -0.4 is 10.5 Å². The second-order valence-electron chi connectivity index (χ2n) is 8.88. The van der Waals surface area contributed by atoms with Crippen molar-refractivity contribution >= 4 is 0 Å². The van der Waals surface area contributed by atoms with E-state index in [1.54, 1.807) is 12.1 Å². The Hall–Kier alpha value is -3.21. The molecule has 7 heteroatoms. The van der Waals surface area contributed by atoms with Gasteiger partial charge in [0.1, 0.15) is 11.8 Å². The van der Waals surface area contributed by atoms with Gasteiger partial charge in [0, 0.05) is 36.3 Å². The molecular formula is C25H27N5O2. The largest absolute Gasteiger partial charge is 0.490 e. The SMILES string of the molecule is CC(C)Oc1ccc(-c2nc(-c3cccc4c3CCC4N3CC[C@H](N)C3)no2)cc1C#N. The predicted octanol–water partition coefficient (Wildman–Crippen LogP) is 4.08. The van der Waals surface area contributed by atoms with Gasteiger partial charge in [-0.3, -0.25) is 4.90 Å². The minimum Gasteiger partial charge on any atom is -0.490 e. The third-order valence-corrected chi connectivity index (χ3v) is 6.31. The average Bonchev–Trinajstić information content (AvgIpc) is 3.52. The Morgan fingerprint density at radius 1 is 1.25 bits per heavy atom. The normalized spacial score (nSPS) is 20.5. The molecule has 32 heavy (non-hydrogen) atoms. The van der Waals surface area contributed by atoms with Crippen LogP contribution in [0.1, 0.15) is 49.4 Å². The molecule has 5 rings (SSSR count). The van der Waals surface area contributed by atoms with Crippen LogP contribution >= 0.6 is 0 Å². The summed E-state index contributed by atoms with van der Waals surface area (Å²) in [6, 6.07) is 14.6. The molecule has 164 valence electrons. The van der Waals surface area contributed by atoms with Crippen molar-refractivity contribution in [2.24, 2.45) is 5.73 Å². The Morgan fingerprint density at radius 3 is 2.88 bits per heavy atom. The maximum absolute atomic E-state index is 9.51. The number of ether oxygens (including phenoxy) is 1. The highest BCUT2D eigenvalue weighted by molar-refractivity contribution is 5.67. The van der Waals surface area contributed by atoms with E-state index >= 15 is 0 Å². The molecule has 1 fully saturated rings. The number of rotatable bonds is 5. The molecule has 3 aromatic rings. The van der Waals surface area contributed by atoms with Crippen molar-refractivity contribution in [3.63, 3.8) is 0 Å². The van der Waals surface area contributed by atoms with Crippen LogP contribution in [0.15, 0.2) is 40.9 Å². The van der Waals surface area contributed by atoms with Gasteiger partial charge in [-0.2, -0.15) is 10.2 Å². The first kappa shape index (κ1) is 20.7. The van der Waals surface area contributed by atoms with Gasteiger partial charge < -0.3 is 15.0 Å². The van der Waals surface area contributed by atoms with Crippen molar-refractivity contribution in [3.05, 3.63) is 53.1 Å². The minimum atomic E-state index is -0.0109. The number of hydrogen-bond acceptors (Lipinski definition) is 7. The third-order valence-electron chi connectivity index (χ3n) is 6.31. The summed E-state index contributed by atoms with van der Waals surface area (Å²) < 4.78 is 11.3. The topological polar surface area (TPSA) is 101 Å². The molecule has 1 saturated heterocycles. The number of likely N-dealkylation sites (tertiary alicyclic amines) is 1. The monoisotopic (exact) mass is 429 g/mol. The first-order valence-electron chi connectivity index (χ1n) is 11.2. The summed E-state index contributed by atoms with van der Waals surface area (Å²) in [7, 11) is 0. The van der Waals surface area contributed by atoms with E-state index in [9.17, 15) is 5.26 Å². The molecule has 7 nitrogen and oxygen atoms in total. The summed E-state index contributed by atoms with van der Waals surface area (Å²) in [6.07, 6.45) is 3.13.